The minimum Gasteiger partial charge on any atom is -0.494 e. The standard InChI is InChI=1S/C24H36N6O/c1-4-25-24(28-19-21-9-7-8-10-22(21)31-6-3)27-18-20-11-12-23(26-17-20)30-15-13-29(5-2)14-16-30/h7-12,17H,4-6,13-16,18-19H2,1-3H3,(H2,25,27,28). The van der Waals surface area contributed by atoms with Crippen LogP contribution in [0.1, 0.15) is 31.9 Å². The molecule has 0 unspecified atom stereocenters. The Morgan fingerprint density at radius 1 is 1.03 bits per heavy atom. The zero-order chi connectivity index (χ0) is 21.9. The van der Waals surface area contributed by atoms with Crippen LogP contribution in [0.15, 0.2) is 47.6 Å². The number of anilines is 1. The number of ether oxygens (including phenoxy) is 1. The number of nitrogens with zero attached hydrogens (tertiary/aromatic N) is 4. The second kappa shape index (κ2) is 12.2. The number of pyridine rings is 1. The molecular weight excluding hydrogens is 388 g/mol. The molecule has 0 aliphatic carbocycles. The molecule has 31 heavy (non-hydrogen) atoms. The number of guanidine groups is 1. The molecule has 1 aromatic heterocycles. The molecule has 0 saturated carbocycles. The van der Waals surface area contributed by atoms with E-state index >= 15 is 0 Å². The largest absolute Gasteiger partial charge is 0.494 e. The Morgan fingerprint density at radius 2 is 1.84 bits per heavy atom. The molecule has 0 amide bonds. The molecule has 1 aliphatic heterocycles. The van der Waals surface area contributed by atoms with Crippen molar-refractivity contribution in [3.05, 3.63) is 53.7 Å². The number of likely N-dealkylation sites (N-methyl/N-ethyl adjacent to an activating group) is 1. The number of nitrogens with one attached hydrogen (secondary N) is 2. The lowest BCUT2D eigenvalue weighted by Crippen LogP contribution is -2.46. The molecule has 1 aromatic carbocycles. The van der Waals surface area contributed by atoms with Gasteiger partial charge in [-0.05, 0) is 38.1 Å². The Labute approximate surface area is 186 Å². The topological polar surface area (TPSA) is 65.0 Å². The molecule has 2 N–H and O–H groups in total. The van der Waals surface area contributed by atoms with E-state index in [9.17, 15) is 0 Å². The van der Waals surface area contributed by atoms with Gasteiger partial charge in [-0.25, -0.2) is 9.98 Å². The van der Waals surface area contributed by atoms with Gasteiger partial charge in [0.05, 0.1) is 13.2 Å². The van der Waals surface area contributed by atoms with Crippen LogP contribution in [-0.2, 0) is 13.1 Å². The van der Waals surface area contributed by atoms with E-state index in [1.54, 1.807) is 0 Å². The van der Waals surface area contributed by atoms with Gasteiger partial charge in [-0.3, -0.25) is 0 Å². The first-order valence-corrected chi connectivity index (χ1v) is 11.4. The Bertz CT molecular complexity index is 815. The Balaban J connectivity index is 1.56. The van der Waals surface area contributed by atoms with E-state index in [0.29, 0.717) is 19.7 Å². The maximum Gasteiger partial charge on any atom is 0.191 e. The lowest BCUT2D eigenvalue weighted by molar-refractivity contribution is 0.270. The maximum absolute atomic E-state index is 5.72. The van der Waals surface area contributed by atoms with Crippen molar-refractivity contribution in [3.63, 3.8) is 0 Å². The number of hydrogen-bond donors (Lipinski definition) is 2. The second-order valence-corrected chi connectivity index (χ2v) is 7.54. The summed E-state index contributed by atoms with van der Waals surface area (Å²) in [5.41, 5.74) is 2.21. The molecule has 0 bridgehead atoms. The third-order valence-electron chi connectivity index (χ3n) is 5.44. The first kappa shape index (κ1) is 22.9. The molecule has 0 radical (unpaired) electrons. The molecule has 1 saturated heterocycles. The summed E-state index contributed by atoms with van der Waals surface area (Å²) in [5.74, 6) is 2.75. The molecule has 1 fully saturated rings. The summed E-state index contributed by atoms with van der Waals surface area (Å²) < 4.78 is 5.72. The monoisotopic (exact) mass is 424 g/mol. The first-order valence-electron chi connectivity index (χ1n) is 11.4. The summed E-state index contributed by atoms with van der Waals surface area (Å²) in [6.45, 7) is 14.4. The highest BCUT2D eigenvalue weighted by Crippen LogP contribution is 2.17. The maximum atomic E-state index is 5.72. The molecule has 168 valence electrons. The quantitative estimate of drug-likeness (QED) is 0.477. The molecule has 1 aliphatic rings. The van der Waals surface area contributed by atoms with Crippen molar-refractivity contribution >= 4 is 11.8 Å². The molecule has 0 atom stereocenters. The second-order valence-electron chi connectivity index (χ2n) is 7.54. The summed E-state index contributed by atoms with van der Waals surface area (Å²) >= 11 is 0. The number of benzene rings is 1. The van der Waals surface area contributed by atoms with Gasteiger partial charge >= 0.3 is 0 Å². The number of aromatic nitrogens is 1. The van der Waals surface area contributed by atoms with Crippen LogP contribution in [0.3, 0.4) is 0 Å². The van der Waals surface area contributed by atoms with Gasteiger partial charge < -0.3 is 25.2 Å². The van der Waals surface area contributed by atoms with E-state index in [4.69, 9.17) is 9.73 Å². The van der Waals surface area contributed by atoms with E-state index in [1.807, 2.05) is 31.3 Å². The fraction of sp³-hybridized carbons (Fsp3) is 0.500. The predicted molar refractivity (Wildman–Crippen MR) is 128 cm³/mol. The summed E-state index contributed by atoms with van der Waals surface area (Å²) in [4.78, 5) is 14.3. The highest BCUT2D eigenvalue weighted by molar-refractivity contribution is 5.79. The van der Waals surface area contributed by atoms with Gasteiger partial charge in [0.15, 0.2) is 5.96 Å². The Kier molecular flexibility index (Phi) is 8.97. The summed E-state index contributed by atoms with van der Waals surface area (Å²) in [6, 6.07) is 12.3. The average Bonchev–Trinajstić information content (AvgIpc) is 2.82. The molecular formula is C24H36N6O. The highest BCUT2D eigenvalue weighted by Gasteiger charge is 2.16. The van der Waals surface area contributed by atoms with Crippen LogP contribution < -0.4 is 20.3 Å². The fourth-order valence-corrected chi connectivity index (χ4v) is 3.63. The molecule has 3 rings (SSSR count). The number of piperazine rings is 1. The number of para-hydroxylation sites is 1. The Morgan fingerprint density at radius 3 is 2.52 bits per heavy atom. The van der Waals surface area contributed by atoms with E-state index in [2.05, 4.69) is 57.5 Å². The molecule has 7 nitrogen and oxygen atoms in total. The summed E-state index contributed by atoms with van der Waals surface area (Å²) in [5, 5.41) is 6.72. The predicted octanol–water partition coefficient (Wildman–Crippen LogP) is 2.88. The minimum absolute atomic E-state index is 0.583. The highest BCUT2D eigenvalue weighted by atomic mass is 16.5. The van der Waals surface area contributed by atoms with Gasteiger partial charge in [-0.2, -0.15) is 0 Å². The molecule has 2 heterocycles. The van der Waals surface area contributed by atoms with E-state index in [0.717, 1.165) is 67.9 Å². The van der Waals surface area contributed by atoms with Crippen LogP contribution in [-0.4, -0.2) is 61.7 Å². The van der Waals surface area contributed by atoms with Crippen LogP contribution in [0.25, 0.3) is 0 Å². The van der Waals surface area contributed by atoms with Crippen LogP contribution in [0, 0.1) is 0 Å². The zero-order valence-electron chi connectivity index (χ0n) is 19.1. The normalized spacial score (nSPS) is 15.1. The lowest BCUT2D eigenvalue weighted by atomic mass is 10.2. The van der Waals surface area contributed by atoms with Crippen LogP contribution >= 0.6 is 0 Å². The van der Waals surface area contributed by atoms with Crippen molar-refractivity contribution in [1.82, 2.24) is 20.5 Å². The van der Waals surface area contributed by atoms with Crippen LogP contribution in [0.2, 0.25) is 0 Å². The van der Waals surface area contributed by atoms with E-state index in [1.165, 1.54) is 0 Å². The number of rotatable bonds is 9. The average molecular weight is 425 g/mol. The van der Waals surface area contributed by atoms with Crippen molar-refractivity contribution in [3.8, 4) is 5.75 Å². The smallest absolute Gasteiger partial charge is 0.191 e. The first-order chi connectivity index (χ1) is 15.2. The van der Waals surface area contributed by atoms with Gasteiger partial charge in [0.1, 0.15) is 11.6 Å². The molecule has 2 aromatic rings. The van der Waals surface area contributed by atoms with E-state index in [-0.39, 0.29) is 0 Å². The van der Waals surface area contributed by atoms with Gasteiger partial charge in [-0.1, -0.05) is 31.2 Å². The molecule has 0 spiro atoms. The van der Waals surface area contributed by atoms with Crippen molar-refractivity contribution in [2.24, 2.45) is 4.99 Å². The third-order valence-corrected chi connectivity index (χ3v) is 5.44. The lowest BCUT2D eigenvalue weighted by Gasteiger charge is -2.34. The van der Waals surface area contributed by atoms with Crippen LogP contribution in [0.5, 0.6) is 5.75 Å². The minimum atomic E-state index is 0.583. The SMILES string of the molecule is CCNC(=NCc1ccc(N2CCN(CC)CC2)nc1)NCc1ccccc1OCC. The van der Waals surface area contributed by atoms with Gasteiger partial charge in [0.2, 0.25) is 0 Å². The Hall–Kier alpha value is -2.80. The van der Waals surface area contributed by atoms with E-state index < -0.39 is 0 Å². The van der Waals surface area contributed by atoms with Crippen LogP contribution in [0.4, 0.5) is 5.82 Å². The van der Waals surface area contributed by atoms with Crippen molar-refractivity contribution in [1.29, 1.82) is 0 Å². The number of aliphatic imine (C=N–C) groups is 1. The summed E-state index contributed by atoms with van der Waals surface area (Å²) in [7, 11) is 0. The van der Waals surface area contributed by atoms with Gasteiger partial charge in [0.25, 0.3) is 0 Å². The summed E-state index contributed by atoms with van der Waals surface area (Å²) in [6.07, 6.45) is 1.94. The number of hydrogen-bond acceptors (Lipinski definition) is 5. The van der Waals surface area contributed by atoms with Gasteiger partial charge in [0, 0.05) is 51.0 Å². The third kappa shape index (κ3) is 6.85. The van der Waals surface area contributed by atoms with Crippen molar-refractivity contribution in [2.45, 2.75) is 33.9 Å². The zero-order valence-corrected chi connectivity index (χ0v) is 19.1. The van der Waals surface area contributed by atoms with Gasteiger partial charge in [-0.15, -0.1) is 0 Å². The molecule has 7 heteroatoms. The fourth-order valence-electron chi connectivity index (χ4n) is 3.63. The van der Waals surface area contributed by atoms with Crippen molar-refractivity contribution < 1.29 is 4.74 Å². The van der Waals surface area contributed by atoms with Crippen molar-refractivity contribution in [2.75, 3.05) is 50.8 Å².